The summed E-state index contributed by atoms with van der Waals surface area (Å²) in [5, 5.41) is 13.3. The molecule has 1 aliphatic heterocycles. The van der Waals surface area contributed by atoms with Gasteiger partial charge in [-0.3, -0.25) is 9.36 Å². The van der Waals surface area contributed by atoms with Crippen molar-refractivity contribution in [1.29, 1.82) is 5.26 Å². The second-order valence-electron chi connectivity index (χ2n) is 7.34. The van der Waals surface area contributed by atoms with Crippen LogP contribution in [-0.2, 0) is 0 Å². The summed E-state index contributed by atoms with van der Waals surface area (Å²) < 4.78 is 7.87. The number of hydrogen-bond donors (Lipinski definition) is 1. The van der Waals surface area contributed by atoms with Crippen molar-refractivity contribution < 1.29 is 4.74 Å². The van der Waals surface area contributed by atoms with E-state index in [1.165, 1.54) is 6.07 Å². The third-order valence-corrected chi connectivity index (χ3v) is 5.50. The molecule has 150 valence electrons. The highest BCUT2D eigenvalue weighted by Gasteiger charge is 2.36. The van der Waals surface area contributed by atoms with Gasteiger partial charge in [0.15, 0.2) is 5.11 Å². The fraction of sp³-hybridized carbons (Fsp3) is 0.318. The Kier molecular flexibility index (Phi) is 5.76. The number of nitriles is 1. The van der Waals surface area contributed by atoms with E-state index in [-0.39, 0.29) is 5.56 Å². The molecule has 0 fully saturated rings. The van der Waals surface area contributed by atoms with Gasteiger partial charge < -0.3 is 15.0 Å². The van der Waals surface area contributed by atoms with Crippen molar-refractivity contribution in [2.24, 2.45) is 0 Å². The summed E-state index contributed by atoms with van der Waals surface area (Å²) >= 11 is 5.46. The number of benzene rings is 1. The number of hydrogen-bond acceptors (Lipinski definition) is 4. The van der Waals surface area contributed by atoms with Crippen LogP contribution in [0.4, 0.5) is 0 Å². The summed E-state index contributed by atoms with van der Waals surface area (Å²) in [6.45, 7) is 7.14. The summed E-state index contributed by atoms with van der Waals surface area (Å²) in [5.41, 5.74) is 1.97. The van der Waals surface area contributed by atoms with E-state index in [9.17, 15) is 10.1 Å². The van der Waals surface area contributed by atoms with E-state index in [1.807, 2.05) is 38.8 Å². The molecule has 29 heavy (non-hydrogen) atoms. The van der Waals surface area contributed by atoms with Crippen molar-refractivity contribution >= 4 is 23.0 Å². The molecular weight excluding hydrogens is 384 g/mol. The van der Waals surface area contributed by atoms with Crippen molar-refractivity contribution in [3.05, 3.63) is 69.6 Å². The van der Waals surface area contributed by atoms with E-state index in [4.69, 9.17) is 17.0 Å². The molecule has 0 saturated heterocycles. The Hall–Kier alpha value is -3.11. The fourth-order valence-electron chi connectivity index (χ4n) is 3.28. The second-order valence-corrected chi connectivity index (χ2v) is 7.73. The van der Waals surface area contributed by atoms with Crippen LogP contribution in [0.1, 0.15) is 31.9 Å². The van der Waals surface area contributed by atoms with Gasteiger partial charge in [-0.15, -0.1) is 0 Å². The molecule has 6 nitrogen and oxygen atoms in total. The maximum Gasteiger partial charge on any atom is 0.255 e. The summed E-state index contributed by atoms with van der Waals surface area (Å²) in [6, 6.07) is 12.5. The van der Waals surface area contributed by atoms with Crippen molar-refractivity contribution in [2.45, 2.75) is 26.4 Å². The molecule has 0 saturated carbocycles. The zero-order valence-corrected chi connectivity index (χ0v) is 17.8. The Morgan fingerprint density at radius 1 is 1.34 bits per heavy atom. The summed E-state index contributed by atoms with van der Waals surface area (Å²) in [7, 11) is 1.92. The third kappa shape index (κ3) is 4.03. The van der Waals surface area contributed by atoms with Crippen molar-refractivity contribution in [3.63, 3.8) is 0 Å². The van der Waals surface area contributed by atoms with E-state index in [0.717, 1.165) is 12.1 Å². The first-order chi connectivity index (χ1) is 13.8. The van der Waals surface area contributed by atoms with Gasteiger partial charge >= 0.3 is 0 Å². The maximum absolute atomic E-state index is 12.7. The monoisotopic (exact) mass is 408 g/mol. The average molecular weight is 409 g/mol. The van der Waals surface area contributed by atoms with Gasteiger partial charge in [0.05, 0.1) is 17.3 Å². The van der Waals surface area contributed by atoms with Crippen molar-refractivity contribution in [3.8, 4) is 11.8 Å². The normalized spacial score (nSPS) is 14.4. The molecule has 0 aliphatic carbocycles. The van der Waals surface area contributed by atoms with Crippen LogP contribution in [0, 0.1) is 11.3 Å². The van der Waals surface area contributed by atoms with E-state index in [2.05, 4.69) is 11.4 Å². The molecule has 3 rings (SSSR count). The number of pyridine rings is 1. The van der Waals surface area contributed by atoms with Gasteiger partial charge in [0.1, 0.15) is 11.4 Å². The first kappa shape index (κ1) is 20.6. The lowest BCUT2D eigenvalue weighted by atomic mass is 9.88. The predicted octanol–water partition coefficient (Wildman–Crippen LogP) is 2.98. The Morgan fingerprint density at radius 3 is 2.76 bits per heavy atom. The highest BCUT2D eigenvalue weighted by atomic mass is 32.1. The van der Waals surface area contributed by atoms with Gasteiger partial charge in [0.25, 0.3) is 5.56 Å². The van der Waals surface area contributed by atoms with E-state index in [1.54, 1.807) is 35.0 Å². The van der Waals surface area contributed by atoms with Crippen LogP contribution in [0.25, 0.3) is 5.70 Å². The molecule has 0 atom stereocenters. The van der Waals surface area contributed by atoms with E-state index >= 15 is 0 Å². The Balaban J connectivity index is 2.22. The molecule has 2 heterocycles. The number of rotatable bonds is 4. The van der Waals surface area contributed by atoms with Gasteiger partial charge in [-0.25, -0.2) is 0 Å². The lowest BCUT2D eigenvalue weighted by Crippen LogP contribution is -2.44. The number of fused-ring (bicyclic) bond motifs is 1. The van der Waals surface area contributed by atoms with Crippen molar-refractivity contribution in [2.75, 3.05) is 20.1 Å². The molecule has 0 bridgehead atoms. The predicted molar refractivity (Wildman–Crippen MR) is 118 cm³/mol. The zero-order valence-electron chi connectivity index (χ0n) is 17.0. The first-order valence-electron chi connectivity index (χ1n) is 9.42. The number of ether oxygens (including phenoxy) is 1. The second kappa shape index (κ2) is 8.10. The summed E-state index contributed by atoms with van der Waals surface area (Å²) in [4.78, 5) is 14.6. The van der Waals surface area contributed by atoms with Gasteiger partial charge in [0, 0.05) is 43.5 Å². The molecule has 0 radical (unpaired) electrons. The molecule has 1 N–H and O–H groups in total. The van der Waals surface area contributed by atoms with Gasteiger partial charge in [-0.05, 0) is 57.3 Å². The minimum Gasteiger partial charge on any atom is -0.483 e. The fourth-order valence-corrected chi connectivity index (χ4v) is 3.49. The summed E-state index contributed by atoms with van der Waals surface area (Å²) in [5.74, 6) is 0.636. The van der Waals surface area contributed by atoms with Gasteiger partial charge in [0.2, 0.25) is 0 Å². The van der Waals surface area contributed by atoms with Gasteiger partial charge in [-0.2, -0.15) is 5.26 Å². The van der Waals surface area contributed by atoms with Crippen LogP contribution in [0.3, 0.4) is 0 Å². The number of thiocarbonyl (C=S) groups is 1. The smallest absolute Gasteiger partial charge is 0.255 e. The Bertz CT molecular complexity index is 1080. The van der Waals surface area contributed by atoms with E-state index < -0.39 is 5.60 Å². The molecular formula is C22H24N4O2S. The maximum atomic E-state index is 12.7. The van der Waals surface area contributed by atoms with Crippen LogP contribution >= 0.6 is 12.2 Å². The Labute approximate surface area is 176 Å². The highest BCUT2D eigenvalue weighted by Crippen LogP contribution is 2.41. The van der Waals surface area contributed by atoms with E-state index in [0.29, 0.717) is 34.2 Å². The minimum absolute atomic E-state index is 0.153. The molecule has 1 aromatic carbocycles. The minimum atomic E-state index is -0.681. The standard InChI is InChI=1S/C22H24N4O2S/c1-5-25(4)21(29)24-14-17-20(26-11-7-6-8-19(26)27)16-12-15(13-23)9-10-18(16)28-22(17,2)3/h6-12H,5,14H2,1-4H3,(H,24,29). The number of nitrogens with one attached hydrogen (secondary N) is 1. The molecule has 0 spiro atoms. The topological polar surface area (TPSA) is 70.3 Å². The molecule has 1 aromatic heterocycles. The first-order valence-corrected chi connectivity index (χ1v) is 9.83. The lowest BCUT2D eigenvalue weighted by Gasteiger charge is -2.38. The van der Waals surface area contributed by atoms with Gasteiger partial charge in [-0.1, -0.05) is 6.07 Å². The Morgan fingerprint density at radius 2 is 2.10 bits per heavy atom. The quantitative estimate of drug-likeness (QED) is 0.785. The van der Waals surface area contributed by atoms with Crippen LogP contribution in [-0.4, -0.2) is 40.3 Å². The SMILES string of the molecule is CCN(C)C(=S)NCC1=C(n2ccccc2=O)c2cc(C#N)ccc2OC1(C)C. The third-order valence-electron chi connectivity index (χ3n) is 5.04. The molecule has 2 aromatic rings. The van der Waals surface area contributed by atoms with Crippen LogP contribution in [0.2, 0.25) is 0 Å². The molecule has 0 amide bonds. The zero-order chi connectivity index (χ0) is 21.2. The molecule has 1 aliphatic rings. The number of aromatic nitrogens is 1. The van der Waals surface area contributed by atoms with Crippen LogP contribution < -0.4 is 15.6 Å². The molecule has 0 unspecified atom stereocenters. The van der Waals surface area contributed by atoms with Crippen molar-refractivity contribution in [1.82, 2.24) is 14.8 Å². The lowest BCUT2D eigenvalue weighted by molar-refractivity contribution is 0.141. The molecule has 7 heteroatoms. The van der Waals surface area contributed by atoms with Crippen LogP contribution in [0.15, 0.2) is 53.0 Å². The number of nitrogens with zero attached hydrogens (tertiary/aromatic N) is 3. The van der Waals surface area contributed by atoms with Crippen LogP contribution in [0.5, 0.6) is 5.75 Å². The summed E-state index contributed by atoms with van der Waals surface area (Å²) in [6.07, 6.45) is 1.73. The average Bonchev–Trinajstić information content (AvgIpc) is 2.70. The highest BCUT2D eigenvalue weighted by molar-refractivity contribution is 7.80. The largest absolute Gasteiger partial charge is 0.483 e.